The summed E-state index contributed by atoms with van der Waals surface area (Å²) in [4.78, 5) is 18.2. The molecule has 152 valence electrons. The molecule has 0 radical (unpaired) electrons. The van der Waals surface area contributed by atoms with Crippen molar-refractivity contribution >= 4 is 5.91 Å². The van der Waals surface area contributed by atoms with Crippen LogP contribution in [0, 0.1) is 23.7 Å². The van der Waals surface area contributed by atoms with Crippen LogP contribution in [-0.4, -0.2) is 48.0 Å². The molecule has 1 aromatic rings. The van der Waals surface area contributed by atoms with Crippen LogP contribution in [0.25, 0.3) is 0 Å². The number of pyridine rings is 1. The summed E-state index contributed by atoms with van der Waals surface area (Å²) in [5.41, 5.74) is 6.20. The number of halogens is 2. The van der Waals surface area contributed by atoms with E-state index >= 15 is 0 Å². The molecule has 1 saturated heterocycles. The summed E-state index contributed by atoms with van der Waals surface area (Å²) in [5, 5.41) is 0. The normalized spacial score (nSPS) is 41.5. The zero-order valence-corrected chi connectivity index (χ0v) is 16.1. The Bertz CT molecular complexity index is 774. The molecule has 0 spiro atoms. The van der Waals surface area contributed by atoms with Gasteiger partial charge in [-0.3, -0.25) is 14.7 Å². The second-order valence-electron chi connectivity index (χ2n) is 9.08. The first-order valence-electron chi connectivity index (χ1n) is 10.3. The van der Waals surface area contributed by atoms with Gasteiger partial charge in [-0.25, -0.2) is 8.78 Å². The molecule has 28 heavy (non-hydrogen) atoms. The van der Waals surface area contributed by atoms with Crippen molar-refractivity contribution in [1.29, 1.82) is 0 Å². The fraction of sp³-hybridized carbons (Fsp3) is 0.714. The summed E-state index contributed by atoms with van der Waals surface area (Å²) >= 11 is 0. The fourth-order valence-corrected chi connectivity index (χ4v) is 6.58. The summed E-state index contributed by atoms with van der Waals surface area (Å²) in [6, 6.07) is 3.98. The zero-order valence-electron chi connectivity index (χ0n) is 16.1. The summed E-state index contributed by atoms with van der Waals surface area (Å²) in [6.45, 7) is 1.71. The molecule has 5 nitrogen and oxygen atoms in total. The molecule has 2 bridgehead atoms. The molecule has 4 aliphatic rings. The number of likely N-dealkylation sites (tertiary alicyclic amines) is 1. The Labute approximate surface area is 163 Å². The summed E-state index contributed by atoms with van der Waals surface area (Å²) in [7, 11) is 1.75. The van der Waals surface area contributed by atoms with Crippen LogP contribution in [-0.2, 0) is 10.3 Å². The number of fused-ring (bicyclic) bond motifs is 3. The van der Waals surface area contributed by atoms with Gasteiger partial charge < -0.3 is 10.5 Å². The summed E-state index contributed by atoms with van der Waals surface area (Å²) in [6.07, 6.45) is 6.09. The maximum Gasteiger partial charge on any atom is 0.267 e. The van der Waals surface area contributed by atoms with Crippen LogP contribution in [0.3, 0.4) is 0 Å². The lowest BCUT2D eigenvalue weighted by atomic mass is 9.62. The molecule has 2 N–H and O–H groups in total. The van der Waals surface area contributed by atoms with E-state index in [9.17, 15) is 13.6 Å². The van der Waals surface area contributed by atoms with Gasteiger partial charge in [0.1, 0.15) is 11.3 Å². The number of hydrogen-bond donors (Lipinski definition) is 1. The Hall–Kier alpha value is -1.60. The van der Waals surface area contributed by atoms with E-state index in [4.69, 9.17) is 10.5 Å². The first-order chi connectivity index (χ1) is 13.4. The number of amides is 1. The molecular formula is C21H27F2N3O2. The molecule has 2 heterocycles. The first-order valence-corrected chi connectivity index (χ1v) is 10.3. The minimum absolute atomic E-state index is 0.257. The van der Waals surface area contributed by atoms with Gasteiger partial charge in [-0.2, -0.15) is 0 Å². The molecule has 5 atom stereocenters. The highest BCUT2D eigenvalue weighted by atomic mass is 19.3. The Morgan fingerprint density at radius 2 is 1.89 bits per heavy atom. The quantitative estimate of drug-likeness (QED) is 0.857. The highest BCUT2D eigenvalue weighted by Gasteiger charge is 2.72. The van der Waals surface area contributed by atoms with Gasteiger partial charge in [0.2, 0.25) is 0 Å². The zero-order chi connectivity index (χ0) is 19.7. The van der Waals surface area contributed by atoms with Crippen LogP contribution in [0.5, 0.6) is 0 Å². The third-order valence-electron chi connectivity index (χ3n) is 7.96. The van der Waals surface area contributed by atoms with Crippen LogP contribution >= 0.6 is 0 Å². The highest BCUT2D eigenvalue weighted by molar-refractivity contribution is 5.90. The van der Waals surface area contributed by atoms with Gasteiger partial charge in [0, 0.05) is 56.1 Å². The van der Waals surface area contributed by atoms with Crippen LogP contribution in [0.4, 0.5) is 8.78 Å². The van der Waals surface area contributed by atoms with Gasteiger partial charge in [0.15, 0.2) is 0 Å². The van der Waals surface area contributed by atoms with Crippen molar-refractivity contribution in [3.63, 3.8) is 0 Å². The van der Waals surface area contributed by atoms with E-state index in [-0.39, 0.29) is 23.6 Å². The number of alkyl halides is 2. The largest absolute Gasteiger partial charge is 0.373 e. The molecule has 1 aromatic heterocycles. The minimum atomic E-state index is -2.42. The Morgan fingerprint density at radius 3 is 2.46 bits per heavy atom. The van der Waals surface area contributed by atoms with Crippen molar-refractivity contribution in [2.24, 2.45) is 29.4 Å². The molecule has 3 saturated carbocycles. The van der Waals surface area contributed by atoms with Crippen molar-refractivity contribution in [2.45, 2.75) is 49.7 Å². The maximum absolute atomic E-state index is 13.6. The number of aromatic nitrogens is 1. The number of primary amides is 1. The molecule has 3 unspecified atom stereocenters. The van der Waals surface area contributed by atoms with Gasteiger partial charge in [-0.1, -0.05) is 6.42 Å². The lowest BCUT2D eigenvalue weighted by Crippen LogP contribution is -2.60. The number of carbonyl (C=O) groups is 1. The summed E-state index contributed by atoms with van der Waals surface area (Å²) in [5.74, 6) is -3.21. The number of carbonyl (C=O) groups excluding carboxylic acids is 1. The van der Waals surface area contributed by atoms with Gasteiger partial charge in [0.05, 0.1) is 0 Å². The molecule has 1 aliphatic heterocycles. The standard InChI is InChI=1S/C21H27F2N3O2/c1-28-20(12-5-6-25-18(7-12)19(24)27)13-3-2-4-14(20)11-26(10-13)15-8-16-17(9-15)21(16,22)23/h5-7,13-17H,2-4,8-11H2,1H3,(H2,24,27)/t13?,14?,15-,16+,17?,20?/m1/s1. The number of ether oxygens (including phenoxy) is 1. The third kappa shape index (κ3) is 2.48. The molecule has 5 rings (SSSR count). The number of methoxy groups -OCH3 is 1. The van der Waals surface area contributed by atoms with Crippen molar-refractivity contribution < 1.29 is 18.3 Å². The maximum atomic E-state index is 13.6. The molecule has 7 heteroatoms. The van der Waals surface area contributed by atoms with Gasteiger partial charge in [0.25, 0.3) is 11.8 Å². The lowest BCUT2D eigenvalue weighted by Gasteiger charge is -2.56. The molecule has 0 aromatic carbocycles. The van der Waals surface area contributed by atoms with Gasteiger partial charge in [-0.05, 0) is 43.4 Å². The second kappa shape index (κ2) is 6.20. The van der Waals surface area contributed by atoms with E-state index in [2.05, 4.69) is 9.88 Å². The average molecular weight is 391 g/mol. The van der Waals surface area contributed by atoms with E-state index in [1.165, 1.54) is 0 Å². The Balaban J connectivity index is 1.42. The number of rotatable bonds is 4. The third-order valence-corrected chi connectivity index (χ3v) is 7.96. The van der Waals surface area contributed by atoms with E-state index in [0.29, 0.717) is 12.8 Å². The monoisotopic (exact) mass is 391 g/mol. The van der Waals surface area contributed by atoms with Gasteiger partial charge >= 0.3 is 0 Å². The predicted molar refractivity (Wildman–Crippen MR) is 98.8 cm³/mol. The van der Waals surface area contributed by atoms with Crippen molar-refractivity contribution in [2.75, 3.05) is 20.2 Å². The summed E-state index contributed by atoms with van der Waals surface area (Å²) < 4.78 is 33.5. The number of nitrogens with zero attached hydrogens (tertiary/aromatic N) is 2. The number of hydrogen-bond acceptors (Lipinski definition) is 4. The average Bonchev–Trinajstić information content (AvgIpc) is 3.01. The smallest absolute Gasteiger partial charge is 0.267 e. The SMILES string of the molecule is COC1(c2ccnc(C(N)=O)c2)C2CCCC1CN([C@H]1CC3[C@H](C1)C3(F)F)C2. The molecule has 3 aliphatic carbocycles. The van der Waals surface area contributed by atoms with E-state index in [0.717, 1.165) is 37.9 Å². The molecule has 1 amide bonds. The molecule has 4 fully saturated rings. The molecular weight excluding hydrogens is 364 g/mol. The lowest BCUT2D eigenvalue weighted by molar-refractivity contribution is -0.175. The second-order valence-corrected chi connectivity index (χ2v) is 9.08. The van der Waals surface area contributed by atoms with Crippen molar-refractivity contribution in [3.05, 3.63) is 29.6 Å². The van der Waals surface area contributed by atoms with Crippen LogP contribution in [0.15, 0.2) is 18.3 Å². The van der Waals surface area contributed by atoms with Crippen LogP contribution < -0.4 is 5.73 Å². The van der Waals surface area contributed by atoms with Crippen molar-refractivity contribution in [1.82, 2.24) is 9.88 Å². The van der Waals surface area contributed by atoms with Crippen LogP contribution in [0.1, 0.15) is 48.2 Å². The fourth-order valence-electron chi connectivity index (χ4n) is 6.58. The van der Waals surface area contributed by atoms with Crippen LogP contribution in [0.2, 0.25) is 0 Å². The van der Waals surface area contributed by atoms with E-state index in [1.54, 1.807) is 19.4 Å². The Morgan fingerprint density at radius 1 is 1.25 bits per heavy atom. The predicted octanol–water partition coefficient (Wildman–Crippen LogP) is 2.80. The van der Waals surface area contributed by atoms with Gasteiger partial charge in [-0.15, -0.1) is 0 Å². The van der Waals surface area contributed by atoms with E-state index < -0.39 is 29.3 Å². The number of nitrogens with two attached hydrogens (primary N) is 1. The van der Waals surface area contributed by atoms with Crippen molar-refractivity contribution in [3.8, 4) is 0 Å². The number of piperidine rings is 1. The minimum Gasteiger partial charge on any atom is -0.373 e. The topological polar surface area (TPSA) is 68.5 Å². The Kier molecular flexibility index (Phi) is 4.08. The van der Waals surface area contributed by atoms with E-state index in [1.807, 2.05) is 6.07 Å². The highest BCUT2D eigenvalue weighted by Crippen LogP contribution is 2.65. The first kappa shape index (κ1) is 18.4.